The molecule has 0 saturated heterocycles. The Balaban J connectivity index is 2.22. The quantitative estimate of drug-likeness (QED) is 0.693. The average Bonchev–Trinajstić information content (AvgIpc) is 2.66. The molecule has 1 unspecified atom stereocenters. The third-order valence-corrected chi connectivity index (χ3v) is 3.43. The van der Waals surface area contributed by atoms with Crippen LogP contribution in [0.3, 0.4) is 0 Å². The molecule has 2 rings (SSSR count). The Hall–Kier alpha value is -3.68. The van der Waals surface area contributed by atoms with Gasteiger partial charge in [-0.05, 0) is 24.3 Å². The van der Waals surface area contributed by atoms with Gasteiger partial charge in [0.1, 0.15) is 0 Å². The van der Waals surface area contributed by atoms with Gasteiger partial charge >= 0.3 is 12.0 Å². The number of carbonyl (C=O) groups excluding carboxylic acids is 4. The smallest absolute Gasteiger partial charge is 0.339 e. The van der Waals surface area contributed by atoms with Crippen molar-refractivity contribution in [1.82, 2.24) is 10.6 Å². The molecule has 0 aliphatic carbocycles. The zero-order chi connectivity index (χ0) is 19.1. The molecule has 0 aliphatic rings. The van der Waals surface area contributed by atoms with Crippen molar-refractivity contribution in [3.8, 4) is 0 Å². The van der Waals surface area contributed by atoms with E-state index in [-0.39, 0.29) is 11.1 Å². The van der Waals surface area contributed by atoms with E-state index >= 15 is 0 Å². The summed E-state index contributed by atoms with van der Waals surface area (Å²) in [5, 5.41) is 4.33. The van der Waals surface area contributed by atoms with Gasteiger partial charge < -0.3 is 15.8 Å². The first kappa shape index (κ1) is 18.7. The van der Waals surface area contributed by atoms with E-state index in [4.69, 9.17) is 10.5 Å². The molecule has 0 radical (unpaired) electrons. The van der Waals surface area contributed by atoms with Crippen molar-refractivity contribution in [1.29, 1.82) is 0 Å². The molecule has 0 bridgehead atoms. The highest BCUT2D eigenvalue weighted by Gasteiger charge is 2.26. The summed E-state index contributed by atoms with van der Waals surface area (Å²) >= 11 is 0. The number of hydrogen-bond donors (Lipinski definition) is 3. The number of nitrogens with one attached hydrogen (secondary N) is 2. The van der Waals surface area contributed by atoms with Crippen LogP contribution in [-0.4, -0.2) is 30.9 Å². The predicted octanol–water partition coefficient (Wildman–Crippen LogP) is 1.14. The van der Waals surface area contributed by atoms with Crippen LogP contribution in [0.1, 0.15) is 32.4 Å². The van der Waals surface area contributed by atoms with Crippen molar-refractivity contribution < 1.29 is 23.9 Å². The number of amides is 4. The highest BCUT2D eigenvalue weighted by Crippen LogP contribution is 2.20. The summed E-state index contributed by atoms with van der Waals surface area (Å²) in [5.74, 6) is -2.21. The fourth-order valence-electron chi connectivity index (χ4n) is 2.09. The first-order valence-electron chi connectivity index (χ1n) is 7.60. The third-order valence-electron chi connectivity index (χ3n) is 3.43. The second kappa shape index (κ2) is 8.43. The van der Waals surface area contributed by atoms with E-state index < -0.39 is 29.9 Å². The Kier molecular flexibility index (Phi) is 6.05. The number of esters is 1. The lowest BCUT2D eigenvalue weighted by molar-refractivity contribution is -0.129. The van der Waals surface area contributed by atoms with Gasteiger partial charge in [-0.3, -0.25) is 14.9 Å². The molecule has 1 atom stereocenters. The largest absolute Gasteiger partial charge is 0.444 e. The summed E-state index contributed by atoms with van der Waals surface area (Å²) in [6.07, 6.45) is -1.32. The molecule has 0 heterocycles. The van der Waals surface area contributed by atoms with Gasteiger partial charge in [-0.1, -0.05) is 30.3 Å². The Morgan fingerprint density at radius 2 is 1.50 bits per heavy atom. The third kappa shape index (κ3) is 4.67. The molecule has 0 saturated carbocycles. The fourth-order valence-corrected chi connectivity index (χ4v) is 2.09. The zero-order valence-corrected chi connectivity index (χ0v) is 13.9. The summed E-state index contributed by atoms with van der Waals surface area (Å²) < 4.78 is 5.28. The van der Waals surface area contributed by atoms with Gasteiger partial charge in [-0.25, -0.2) is 9.59 Å². The lowest BCUT2D eigenvalue weighted by Crippen LogP contribution is -2.41. The summed E-state index contributed by atoms with van der Waals surface area (Å²) in [6.45, 7) is 0. The standard InChI is InChI=1S/C18H17N3O5/c1-20-18(25)21-16(23)14(11-5-3-2-4-6-11)26-17(24)13-9-7-12(8-10-13)15(19)22/h2-10,14H,1H3,(H2,19,22)(H2,20,21,23,25). The van der Waals surface area contributed by atoms with E-state index in [9.17, 15) is 19.2 Å². The molecule has 0 aromatic heterocycles. The van der Waals surface area contributed by atoms with E-state index in [1.165, 1.54) is 31.3 Å². The highest BCUT2D eigenvalue weighted by molar-refractivity contribution is 5.99. The van der Waals surface area contributed by atoms with Crippen molar-refractivity contribution in [2.24, 2.45) is 5.73 Å². The molecular formula is C18H17N3O5. The topological polar surface area (TPSA) is 128 Å². The summed E-state index contributed by atoms with van der Waals surface area (Å²) in [6, 6.07) is 13.0. The van der Waals surface area contributed by atoms with Crippen molar-refractivity contribution in [3.05, 3.63) is 71.3 Å². The van der Waals surface area contributed by atoms with E-state index in [1.807, 2.05) is 0 Å². The fraction of sp³-hybridized carbons (Fsp3) is 0.111. The van der Waals surface area contributed by atoms with Gasteiger partial charge in [0, 0.05) is 18.2 Å². The molecule has 8 nitrogen and oxygen atoms in total. The average molecular weight is 355 g/mol. The molecule has 4 amide bonds. The van der Waals surface area contributed by atoms with E-state index in [1.54, 1.807) is 30.3 Å². The highest BCUT2D eigenvalue weighted by atomic mass is 16.5. The Bertz CT molecular complexity index is 818. The minimum absolute atomic E-state index is 0.128. The SMILES string of the molecule is CNC(=O)NC(=O)C(OC(=O)c1ccc(C(N)=O)cc1)c1ccccc1. The Morgan fingerprint density at radius 3 is 2.04 bits per heavy atom. The van der Waals surface area contributed by atoms with Gasteiger partial charge in [-0.15, -0.1) is 0 Å². The van der Waals surface area contributed by atoms with Crippen LogP contribution < -0.4 is 16.4 Å². The van der Waals surface area contributed by atoms with Gasteiger partial charge in [0.2, 0.25) is 12.0 Å². The second-order valence-corrected chi connectivity index (χ2v) is 5.21. The molecule has 0 aliphatic heterocycles. The summed E-state index contributed by atoms with van der Waals surface area (Å²) in [7, 11) is 1.35. The monoisotopic (exact) mass is 355 g/mol. The summed E-state index contributed by atoms with van der Waals surface area (Å²) in [4.78, 5) is 47.1. The Morgan fingerprint density at radius 1 is 0.923 bits per heavy atom. The Labute approximate surface area is 149 Å². The number of primary amides is 1. The minimum atomic E-state index is -1.32. The van der Waals surface area contributed by atoms with Crippen molar-refractivity contribution in [2.75, 3.05) is 7.05 Å². The maximum absolute atomic E-state index is 12.4. The molecular weight excluding hydrogens is 338 g/mol. The first-order valence-corrected chi connectivity index (χ1v) is 7.60. The number of imide groups is 1. The number of hydrogen-bond acceptors (Lipinski definition) is 5. The molecule has 2 aromatic rings. The van der Waals surface area contributed by atoms with E-state index in [0.717, 1.165) is 0 Å². The van der Waals surface area contributed by atoms with E-state index in [2.05, 4.69) is 10.6 Å². The molecule has 8 heteroatoms. The predicted molar refractivity (Wildman–Crippen MR) is 92.2 cm³/mol. The zero-order valence-electron chi connectivity index (χ0n) is 13.9. The maximum atomic E-state index is 12.4. The first-order chi connectivity index (χ1) is 12.4. The lowest BCUT2D eigenvalue weighted by Gasteiger charge is -2.17. The number of nitrogens with two attached hydrogens (primary N) is 1. The van der Waals surface area contributed by atoms with Crippen LogP contribution in [0.5, 0.6) is 0 Å². The number of carbonyl (C=O) groups is 4. The van der Waals surface area contributed by atoms with Crippen LogP contribution >= 0.6 is 0 Å². The molecule has 2 aromatic carbocycles. The maximum Gasteiger partial charge on any atom is 0.339 e. The summed E-state index contributed by atoms with van der Waals surface area (Å²) in [5.41, 5.74) is 5.91. The second-order valence-electron chi connectivity index (χ2n) is 5.21. The van der Waals surface area contributed by atoms with Gasteiger partial charge in [0.25, 0.3) is 5.91 Å². The van der Waals surface area contributed by atoms with Gasteiger partial charge in [0.15, 0.2) is 0 Å². The number of ether oxygens (including phenoxy) is 1. The molecule has 0 fully saturated rings. The normalized spacial score (nSPS) is 11.1. The number of rotatable bonds is 5. The number of urea groups is 1. The van der Waals surface area contributed by atoms with Crippen LogP contribution in [0.2, 0.25) is 0 Å². The van der Waals surface area contributed by atoms with Gasteiger partial charge in [0.05, 0.1) is 5.56 Å². The van der Waals surface area contributed by atoms with Crippen molar-refractivity contribution in [2.45, 2.75) is 6.10 Å². The van der Waals surface area contributed by atoms with Gasteiger partial charge in [-0.2, -0.15) is 0 Å². The molecule has 26 heavy (non-hydrogen) atoms. The van der Waals surface area contributed by atoms with Crippen LogP contribution in [0.15, 0.2) is 54.6 Å². The van der Waals surface area contributed by atoms with Crippen LogP contribution in [-0.2, 0) is 9.53 Å². The minimum Gasteiger partial charge on any atom is -0.444 e. The lowest BCUT2D eigenvalue weighted by atomic mass is 10.1. The van der Waals surface area contributed by atoms with E-state index in [0.29, 0.717) is 5.56 Å². The molecule has 0 spiro atoms. The van der Waals surface area contributed by atoms with Crippen molar-refractivity contribution >= 4 is 23.8 Å². The van der Waals surface area contributed by atoms with Crippen LogP contribution in [0.25, 0.3) is 0 Å². The number of benzene rings is 2. The van der Waals surface area contributed by atoms with Crippen LogP contribution in [0.4, 0.5) is 4.79 Å². The van der Waals surface area contributed by atoms with Crippen molar-refractivity contribution in [3.63, 3.8) is 0 Å². The molecule has 134 valence electrons. The van der Waals surface area contributed by atoms with Crippen LogP contribution in [0, 0.1) is 0 Å². The molecule has 4 N–H and O–H groups in total.